The van der Waals surface area contributed by atoms with Crippen LogP contribution in [-0.4, -0.2) is 37.7 Å². The Labute approximate surface area is 118 Å². The molecular formula is C12H9NO7S. The second kappa shape index (κ2) is 4.48. The Morgan fingerprint density at radius 2 is 1.90 bits per heavy atom. The van der Waals surface area contributed by atoms with Crippen molar-refractivity contribution in [1.82, 2.24) is 5.16 Å². The number of carboxylic acids is 1. The first kappa shape index (κ1) is 13.4. The minimum absolute atomic E-state index is 0.0127. The maximum Gasteiger partial charge on any atom is 0.374 e. The largest absolute Gasteiger partial charge is 0.475 e. The molecule has 0 radical (unpaired) electrons. The number of carboxylic acid groups (broad SMARTS) is 1. The third kappa shape index (κ3) is 2.31. The van der Waals surface area contributed by atoms with E-state index in [-0.39, 0.29) is 28.7 Å². The van der Waals surface area contributed by atoms with Crippen molar-refractivity contribution in [2.45, 2.75) is 4.90 Å². The van der Waals surface area contributed by atoms with E-state index in [1.165, 1.54) is 12.1 Å². The van der Waals surface area contributed by atoms with Crippen LogP contribution in [0.5, 0.6) is 11.5 Å². The van der Waals surface area contributed by atoms with E-state index in [9.17, 15) is 13.2 Å². The second-order valence-corrected chi connectivity index (χ2v) is 6.34. The Hall–Kier alpha value is -2.55. The fourth-order valence-corrected chi connectivity index (χ4v) is 2.82. The number of carbonyl (C=O) groups is 1. The zero-order valence-corrected chi connectivity index (χ0v) is 11.5. The molecule has 0 atom stereocenters. The number of aromatic carboxylic acids is 1. The van der Waals surface area contributed by atoms with Gasteiger partial charge in [0, 0.05) is 24.0 Å². The van der Waals surface area contributed by atoms with Gasteiger partial charge in [0.15, 0.2) is 21.3 Å². The first-order valence-electron chi connectivity index (χ1n) is 5.70. The van der Waals surface area contributed by atoms with Crippen LogP contribution in [0.2, 0.25) is 0 Å². The summed E-state index contributed by atoms with van der Waals surface area (Å²) in [6, 6.07) is 3.90. The van der Waals surface area contributed by atoms with Crippen LogP contribution < -0.4 is 9.47 Å². The number of hydrogen-bond acceptors (Lipinski definition) is 7. The third-order valence-electron chi connectivity index (χ3n) is 2.87. The smallest absolute Gasteiger partial charge is 0.374 e. The summed E-state index contributed by atoms with van der Waals surface area (Å²) in [5.41, 5.74) is 0.282. The van der Waals surface area contributed by atoms with Gasteiger partial charge in [-0.15, -0.1) is 0 Å². The van der Waals surface area contributed by atoms with Gasteiger partial charge in [-0.2, -0.15) is 0 Å². The van der Waals surface area contributed by atoms with E-state index in [4.69, 9.17) is 14.6 Å². The lowest BCUT2D eigenvalue weighted by Crippen LogP contribution is -2.00. The lowest BCUT2D eigenvalue weighted by molar-refractivity contribution is 0.0652. The van der Waals surface area contributed by atoms with E-state index in [1.54, 1.807) is 0 Å². The monoisotopic (exact) mass is 311 g/mol. The van der Waals surface area contributed by atoms with Gasteiger partial charge in [-0.05, 0) is 6.07 Å². The molecule has 1 aliphatic rings. The van der Waals surface area contributed by atoms with Crippen LogP contribution >= 0.6 is 0 Å². The molecule has 0 saturated carbocycles. The summed E-state index contributed by atoms with van der Waals surface area (Å²) in [6.45, 7) is -0.0127. The molecule has 21 heavy (non-hydrogen) atoms. The number of ether oxygens (including phenoxy) is 2. The van der Waals surface area contributed by atoms with Gasteiger partial charge in [-0.1, -0.05) is 5.16 Å². The van der Waals surface area contributed by atoms with Gasteiger partial charge < -0.3 is 19.1 Å². The van der Waals surface area contributed by atoms with Gasteiger partial charge in [0.25, 0.3) is 0 Å². The summed E-state index contributed by atoms with van der Waals surface area (Å²) in [6.07, 6.45) is 1.03. The lowest BCUT2D eigenvalue weighted by Gasteiger charge is -2.06. The Bertz CT molecular complexity index is 837. The molecule has 1 aromatic heterocycles. The molecule has 0 aliphatic carbocycles. The van der Waals surface area contributed by atoms with Crippen molar-refractivity contribution < 1.29 is 32.3 Å². The standard InChI is InChI=1S/C12H9NO7S/c1-21(16,17)11-4-9-8(18-5-19-9)2-6(11)7-3-10(12(14)15)20-13-7/h2-4H,5H2,1H3,(H,14,15). The molecule has 1 aromatic carbocycles. The van der Waals surface area contributed by atoms with Crippen LogP contribution in [-0.2, 0) is 9.84 Å². The normalized spacial score (nSPS) is 13.4. The van der Waals surface area contributed by atoms with E-state index in [0.717, 1.165) is 12.3 Å². The van der Waals surface area contributed by atoms with Crippen molar-refractivity contribution in [3.8, 4) is 22.8 Å². The van der Waals surface area contributed by atoms with Crippen molar-refractivity contribution in [2.24, 2.45) is 0 Å². The maximum atomic E-state index is 11.9. The number of aromatic nitrogens is 1. The van der Waals surface area contributed by atoms with E-state index in [0.29, 0.717) is 11.5 Å². The van der Waals surface area contributed by atoms with Crippen LogP contribution in [0.4, 0.5) is 0 Å². The maximum absolute atomic E-state index is 11.9. The van der Waals surface area contributed by atoms with Crippen LogP contribution in [0.25, 0.3) is 11.3 Å². The van der Waals surface area contributed by atoms with Crippen molar-refractivity contribution in [3.63, 3.8) is 0 Å². The molecule has 1 N–H and O–H groups in total. The Morgan fingerprint density at radius 3 is 2.48 bits per heavy atom. The molecule has 2 aromatic rings. The zero-order valence-electron chi connectivity index (χ0n) is 10.7. The molecule has 0 spiro atoms. The van der Waals surface area contributed by atoms with Gasteiger partial charge in [-0.3, -0.25) is 0 Å². The Balaban J connectivity index is 2.22. The summed E-state index contributed by atoms with van der Waals surface area (Å²) < 4.78 is 38.8. The number of fused-ring (bicyclic) bond motifs is 1. The quantitative estimate of drug-likeness (QED) is 0.898. The number of hydrogen-bond donors (Lipinski definition) is 1. The highest BCUT2D eigenvalue weighted by Gasteiger charge is 2.25. The topological polar surface area (TPSA) is 116 Å². The van der Waals surface area contributed by atoms with Gasteiger partial charge in [0.05, 0.1) is 4.90 Å². The predicted octanol–water partition coefficient (Wildman–Crippen LogP) is 1.17. The third-order valence-corrected chi connectivity index (χ3v) is 4.01. The van der Waals surface area contributed by atoms with E-state index >= 15 is 0 Å². The molecule has 9 heteroatoms. The Morgan fingerprint density at radius 1 is 1.24 bits per heavy atom. The van der Waals surface area contributed by atoms with E-state index in [2.05, 4.69) is 9.68 Å². The van der Waals surface area contributed by atoms with Gasteiger partial charge >= 0.3 is 5.97 Å². The van der Waals surface area contributed by atoms with Crippen molar-refractivity contribution >= 4 is 15.8 Å². The molecule has 3 rings (SSSR count). The SMILES string of the molecule is CS(=O)(=O)c1cc2c(cc1-c1cc(C(=O)O)on1)OCO2. The molecular weight excluding hydrogens is 302 g/mol. The number of rotatable bonds is 3. The average molecular weight is 311 g/mol. The minimum atomic E-state index is -3.58. The summed E-state index contributed by atoms with van der Waals surface area (Å²) in [7, 11) is -3.58. The van der Waals surface area contributed by atoms with E-state index < -0.39 is 15.8 Å². The molecule has 2 heterocycles. The highest BCUT2D eigenvalue weighted by molar-refractivity contribution is 7.90. The molecule has 0 fully saturated rings. The molecule has 8 nitrogen and oxygen atoms in total. The molecule has 0 amide bonds. The van der Waals surface area contributed by atoms with E-state index in [1.807, 2.05) is 0 Å². The summed E-state index contributed by atoms with van der Waals surface area (Å²) in [4.78, 5) is 10.8. The second-order valence-electron chi connectivity index (χ2n) is 4.36. The summed E-state index contributed by atoms with van der Waals surface area (Å²) in [5.74, 6) is -1.02. The Kier molecular flexibility index (Phi) is 2.87. The first-order chi connectivity index (χ1) is 9.86. The molecule has 0 unspecified atom stereocenters. The zero-order chi connectivity index (χ0) is 15.2. The number of nitrogens with zero attached hydrogens (tertiary/aromatic N) is 1. The average Bonchev–Trinajstić information content (AvgIpc) is 3.04. The molecule has 0 saturated heterocycles. The highest BCUT2D eigenvalue weighted by Crippen LogP contribution is 2.40. The number of sulfone groups is 1. The van der Waals surface area contributed by atoms with Gasteiger partial charge in [0.1, 0.15) is 5.69 Å². The van der Waals surface area contributed by atoms with Gasteiger partial charge in [-0.25, -0.2) is 13.2 Å². The summed E-state index contributed by atoms with van der Waals surface area (Å²) >= 11 is 0. The fraction of sp³-hybridized carbons (Fsp3) is 0.167. The van der Waals surface area contributed by atoms with Crippen LogP contribution in [0.3, 0.4) is 0 Å². The van der Waals surface area contributed by atoms with Crippen molar-refractivity contribution in [1.29, 1.82) is 0 Å². The van der Waals surface area contributed by atoms with Gasteiger partial charge in [0.2, 0.25) is 12.6 Å². The molecule has 0 bridgehead atoms. The van der Waals surface area contributed by atoms with Crippen LogP contribution in [0, 0.1) is 0 Å². The summed E-state index contributed by atoms with van der Waals surface area (Å²) in [5, 5.41) is 12.4. The molecule has 110 valence electrons. The van der Waals surface area contributed by atoms with Crippen LogP contribution in [0.1, 0.15) is 10.6 Å². The number of benzene rings is 1. The predicted molar refractivity (Wildman–Crippen MR) is 68.1 cm³/mol. The van der Waals surface area contributed by atoms with Crippen molar-refractivity contribution in [3.05, 3.63) is 24.0 Å². The molecule has 1 aliphatic heterocycles. The van der Waals surface area contributed by atoms with Crippen molar-refractivity contribution in [2.75, 3.05) is 13.0 Å². The first-order valence-corrected chi connectivity index (χ1v) is 7.59. The fourth-order valence-electron chi connectivity index (χ4n) is 1.93. The highest BCUT2D eigenvalue weighted by atomic mass is 32.2. The van der Waals surface area contributed by atoms with Crippen LogP contribution in [0.15, 0.2) is 27.6 Å². The lowest BCUT2D eigenvalue weighted by atomic mass is 10.1. The minimum Gasteiger partial charge on any atom is -0.475 e.